The fourth-order valence-electron chi connectivity index (χ4n) is 2.37. The molecule has 0 unspecified atom stereocenters. The molecule has 1 saturated heterocycles. The molecule has 1 aliphatic heterocycles. The Labute approximate surface area is 139 Å². The lowest BCUT2D eigenvalue weighted by molar-refractivity contribution is 0.0240. The van der Waals surface area contributed by atoms with Crippen molar-refractivity contribution < 1.29 is 9.53 Å². The maximum Gasteiger partial charge on any atom is 0.410 e. The van der Waals surface area contributed by atoms with Crippen molar-refractivity contribution in [1.29, 1.82) is 5.26 Å². The van der Waals surface area contributed by atoms with Crippen molar-refractivity contribution in [3.63, 3.8) is 0 Å². The molecule has 0 aliphatic carbocycles. The van der Waals surface area contributed by atoms with Crippen LogP contribution in [0.1, 0.15) is 26.3 Å². The van der Waals surface area contributed by atoms with E-state index >= 15 is 0 Å². The molecule has 0 aromatic heterocycles. The van der Waals surface area contributed by atoms with E-state index < -0.39 is 5.60 Å². The number of amides is 1. The molecule has 0 bridgehead atoms. The van der Waals surface area contributed by atoms with Gasteiger partial charge in [-0.2, -0.15) is 5.26 Å². The Kier molecular flexibility index (Phi) is 4.97. The van der Waals surface area contributed by atoms with Crippen LogP contribution in [0.2, 0.25) is 0 Å². The van der Waals surface area contributed by atoms with Gasteiger partial charge in [-0.1, -0.05) is 6.07 Å². The summed E-state index contributed by atoms with van der Waals surface area (Å²) in [4.78, 5) is 15.9. The molecule has 22 heavy (non-hydrogen) atoms. The number of carbonyl (C=O) groups excluding carboxylic acids is 1. The Morgan fingerprint density at radius 3 is 2.45 bits per heavy atom. The van der Waals surface area contributed by atoms with Crippen LogP contribution >= 0.6 is 15.9 Å². The zero-order valence-electron chi connectivity index (χ0n) is 13.1. The van der Waals surface area contributed by atoms with E-state index in [1.165, 1.54) is 0 Å². The molecule has 1 fully saturated rings. The molecule has 6 heteroatoms. The van der Waals surface area contributed by atoms with Crippen LogP contribution < -0.4 is 4.90 Å². The van der Waals surface area contributed by atoms with Crippen LogP contribution in [0.25, 0.3) is 0 Å². The van der Waals surface area contributed by atoms with Crippen LogP contribution in [0, 0.1) is 11.3 Å². The Morgan fingerprint density at radius 1 is 1.27 bits per heavy atom. The Balaban J connectivity index is 2.04. The molecule has 2 rings (SSSR count). The molecule has 1 heterocycles. The molecule has 5 nitrogen and oxygen atoms in total. The monoisotopic (exact) mass is 365 g/mol. The number of ether oxygens (including phenoxy) is 1. The second kappa shape index (κ2) is 6.57. The van der Waals surface area contributed by atoms with Crippen molar-refractivity contribution in [3.05, 3.63) is 28.2 Å². The molecule has 118 valence electrons. The third-order valence-corrected chi connectivity index (χ3v) is 3.99. The highest BCUT2D eigenvalue weighted by Gasteiger charge is 2.27. The Bertz CT molecular complexity index is 596. The number of hydrogen-bond donors (Lipinski definition) is 0. The van der Waals surface area contributed by atoms with Gasteiger partial charge in [-0.3, -0.25) is 0 Å². The van der Waals surface area contributed by atoms with Gasteiger partial charge in [0.15, 0.2) is 0 Å². The number of benzene rings is 1. The number of para-hydroxylation sites is 1. The fraction of sp³-hybridized carbons (Fsp3) is 0.500. The lowest BCUT2D eigenvalue weighted by Gasteiger charge is -2.37. The number of halogens is 1. The standard InChI is InChI=1S/C16H20BrN3O2/c1-16(2,3)22-15(21)20-9-7-19(8-10-20)14-12(11-18)5-4-6-13(14)17/h4-6H,7-10H2,1-3H3. The third kappa shape index (κ3) is 3.92. The minimum Gasteiger partial charge on any atom is -0.444 e. The van der Waals surface area contributed by atoms with E-state index in [4.69, 9.17) is 4.74 Å². The van der Waals surface area contributed by atoms with E-state index in [0.717, 1.165) is 10.2 Å². The second-order valence-corrected chi connectivity index (χ2v) is 7.06. The first-order valence-corrected chi connectivity index (χ1v) is 8.02. The van der Waals surface area contributed by atoms with E-state index in [9.17, 15) is 10.1 Å². The Morgan fingerprint density at radius 2 is 1.91 bits per heavy atom. The minimum absolute atomic E-state index is 0.278. The number of nitrogens with zero attached hydrogens (tertiary/aromatic N) is 3. The summed E-state index contributed by atoms with van der Waals surface area (Å²) in [7, 11) is 0. The average Bonchev–Trinajstić information content (AvgIpc) is 2.45. The Hall–Kier alpha value is -1.74. The molecule has 1 aromatic carbocycles. The number of nitriles is 1. The van der Waals surface area contributed by atoms with E-state index in [1.54, 1.807) is 11.0 Å². The SMILES string of the molecule is CC(C)(C)OC(=O)N1CCN(c2c(Br)cccc2C#N)CC1. The van der Waals surface area contributed by atoms with Crippen molar-refractivity contribution in [2.75, 3.05) is 31.1 Å². The topological polar surface area (TPSA) is 56.6 Å². The molecule has 1 aromatic rings. The highest BCUT2D eigenvalue weighted by molar-refractivity contribution is 9.10. The fourth-order valence-corrected chi connectivity index (χ4v) is 2.98. The maximum atomic E-state index is 12.1. The van der Waals surface area contributed by atoms with Gasteiger partial charge in [-0.05, 0) is 48.8 Å². The molecule has 0 N–H and O–H groups in total. The summed E-state index contributed by atoms with van der Waals surface area (Å²) in [5.74, 6) is 0. The van der Waals surface area contributed by atoms with Gasteiger partial charge < -0.3 is 14.5 Å². The minimum atomic E-state index is -0.481. The van der Waals surface area contributed by atoms with Gasteiger partial charge in [-0.25, -0.2) is 4.79 Å². The first-order chi connectivity index (χ1) is 10.3. The summed E-state index contributed by atoms with van der Waals surface area (Å²) < 4.78 is 6.29. The number of carbonyl (C=O) groups is 1. The smallest absolute Gasteiger partial charge is 0.410 e. The van der Waals surface area contributed by atoms with Crippen molar-refractivity contribution >= 4 is 27.7 Å². The first kappa shape index (κ1) is 16.6. The van der Waals surface area contributed by atoms with Gasteiger partial charge in [0.05, 0.1) is 11.3 Å². The maximum absolute atomic E-state index is 12.1. The molecule has 0 saturated carbocycles. The lowest BCUT2D eigenvalue weighted by Crippen LogP contribution is -2.50. The van der Waals surface area contributed by atoms with Crippen LogP contribution in [0.4, 0.5) is 10.5 Å². The normalized spacial score (nSPS) is 15.4. The molecular weight excluding hydrogens is 346 g/mol. The molecule has 0 spiro atoms. The number of anilines is 1. The zero-order valence-corrected chi connectivity index (χ0v) is 14.7. The van der Waals surface area contributed by atoms with Gasteiger partial charge in [0.1, 0.15) is 11.7 Å². The zero-order chi connectivity index (χ0) is 16.3. The highest BCUT2D eigenvalue weighted by atomic mass is 79.9. The lowest BCUT2D eigenvalue weighted by atomic mass is 10.1. The molecule has 1 amide bonds. The van der Waals surface area contributed by atoms with Gasteiger partial charge in [-0.15, -0.1) is 0 Å². The van der Waals surface area contributed by atoms with Gasteiger partial charge in [0.25, 0.3) is 0 Å². The van der Waals surface area contributed by atoms with E-state index in [2.05, 4.69) is 26.9 Å². The van der Waals surface area contributed by atoms with E-state index in [1.807, 2.05) is 32.9 Å². The van der Waals surface area contributed by atoms with Crippen molar-refractivity contribution in [2.45, 2.75) is 26.4 Å². The van der Waals surface area contributed by atoms with Crippen LogP contribution in [0.15, 0.2) is 22.7 Å². The summed E-state index contributed by atoms with van der Waals surface area (Å²) in [6.45, 7) is 8.11. The molecule has 0 atom stereocenters. The van der Waals surface area contributed by atoms with Crippen LogP contribution in [0.5, 0.6) is 0 Å². The van der Waals surface area contributed by atoms with Crippen molar-refractivity contribution in [1.82, 2.24) is 4.90 Å². The first-order valence-electron chi connectivity index (χ1n) is 7.23. The quantitative estimate of drug-likeness (QED) is 0.765. The number of piperazine rings is 1. The van der Waals surface area contributed by atoms with Crippen molar-refractivity contribution in [2.24, 2.45) is 0 Å². The van der Waals surface area contributed by atoms with Crippen molar-refractivity contribution in [3.8, 4) is 6.07 Å². The summed E-state index contributed by atoms with van der Waals surface area (Å²) in [5.41, 5.74) is 1.05. The van der Waals surface area contributed by atoms with Gasteiger partial charge in [0, 0.05) is 30.7 Å². The van der Waals surface area contributed by atoms with Crippen LogP contribution in [0.3, 0.4) is 0 Å². The third-order valence-electron chi connectivity index (χ3n) is 3.35. The number of rotatable bonds is 1. The molecule has 1 aliphatic rings. The summed E-state index contributed by atoms with van der Waals surface area (Å²) in [6.07, 6.45) is -0.278. The van der Waals surface area contributed by atoms with E-state index in [0.29, 0.717) is 31.7 Å². The molecule has 0 radical (unpaired) electrons. The predicted molar refractivity (Wildman–Crippen MR) is 88.9 cm³/mol. The van der Waals surface area contributed by atoms with E-state index in [-0.39, 0.29) is 6.09 Å². The average molecular weight is 366 g/mol. The summed E-state index contributed by atoms with van der Waals surface area (Å²) in [6, 6.07) is 7.81. The highest BCUT2D eigenvalue weighted by Crippen LogP contribution is 2.30. The summed E-state index contributed by atoms with van der Waals surface area (Å²) in [5, 5.41) is 9.26. The largest absolute Gasteiger partial charge is 0.444 e. The second-order valence-electron chi connectivity index (χ2n) is 6.20. The van der Waals surface area contributed by atoms with Gasteiger partial charge >= 0.3 is 6.09 Å². The van der Waals surface area contributed by atoms with Crippen LogP contribution in [-0.2, 0) is 4.74 Å². The summed E-state index contributed by atoms with van der Waals surface area (Å²) >= 11 is 3.51. The van der Waals surface area contributed by atoms with Gasteiger partial charge in [0.2, 0.25) is 0 Å². The number of hydrogen-bond acceptors (Lipinski definition) is 4. The van der Waals surface area contributed by atoms with Crippen LogP contribution in [-0.4, -0.2) is 42.8 Å². The molecular formula is C16H20BrN3O2. The predicted octanol–water partition coefficient (Wildman–Crippen LogP) is 3.38.